The van der Waals surface area contributed by atoms with Crippen LogP contribution in [0, 0.1) is 5.92 Å². The average Bonchev–Trinajstić information content (AvgIpc) is 2.49. The van der Waals surface area contributed by atoms with Gasteiger partial charge in [0.2, 0.25) is 0 Å². The fourth-order valence-electron chi connectivity index (χ4n) is 1.93. The van der Waals surface area contributed by atoms with Crippen LogP contribution in [-0.2, 0) is 20.6 Å². The standard InChI is InChI=1S/C19H30O3Si/c1-7-18(22-23(5,6)19(2,3)4)17(13-20)15-21-14-16-11-9-8-10-12-16/h7-13,17-18H,1,14-15H2,2-6H3/t17-,18+/m1/s1. The summed E-state index contributed by atoms with van der Waals surface area (Å²) in [7, 11) is -1.96. The van der Waals surface area contributed by atoms with Crippen molar-refractivity contribution in [2.75, 3.05) is 6.61 Å². The van der Waals surface area contributed by atoms with Crippen LogP contribution in [0.2, 0.25) is 18.1 Å². The zero-order chi connectivity index (χ0) is 17.5. The number of rotatable bonds is 9. The molecule has 1 aromatic rings. The third kappa shape index (κ3) is 6.05. The lowest BCUT2D eigenvalue weighted by molar-refractivity contribution is -0.115. The summed E-state index contributed by atoms with van der Waals surface area (Å²) in [6.07, 6.45) is 2.35. The third-order valence-corrected chi connectivity index (χ3v) is 8.96. The molecule has 0 N–H and O–H groups in total. The zero-order valence-corrected chi connectivity index (χ0v) is 16.0. The van der Waals surface area contributed by atoms with Crippen molar-refractivity contribution in [2.45, 2.75) is 51.6 Å². The van der Waals surface area contributed by atoms with Gasteiger partial charge in [0.25, 0.3) is 0 Å². The Labute approximate surface area is 141 Å². The molecule has 0 spiro atoms. The van der Waals surface area contributed by atoms with E-state index < -0.39 is 8.32 Å². The molecule has 3 nitrogen and oxygen atoms in total. The van der Waals surface area contributed by atoms with E-state index in [0.717, 1.165) is 11.8 Å². The lowest BCUT2D eigenvalue weighted by atomic mass is 10.1. The Morgan fingerprint density at radius 3 is 2.30 bits per heavy atom. The van der Waals surface area contributed by atoms with Gasteiger partial charge < -0.3 is 14.0 Å². The minimum atomic E-state index is -1.96. The van der Waals surface area contributed by atoms with Gasteiger partial charge in [-0.25, -0.2) is 0 Å². The van der Waals surface area contributed by atoms with Crippen molar-refractivity contribution >= 4 is 14.6 Å². The summed E-state index contributed by atoms with van der Waals surface area (Å²) in [5.41, 5.74) is 1.10. The van der Waals surface area contributed by atoms with Crippen LogP contribution < -0.4 is 0 Å². The lowest BCUT2D eigenvalue weighted by Gasteiger charge is -2.39. The molecule has 0 aromatic heterocycles. The Kier molecular flexibility index (Phi) is 7.38. The maximum Gasteiger partial charge on any atom is 0.192 e. The number of carbonyl (C=O) groups excluding carboxylic acids is 1. The first-order valence-electron chi connectivity index (χ1n) is 8.08. The molecule has 0 saturated carbocycles. The van der Waals surface area contributed by atoms with Crippen LogP contribution in [0.3, 0.4) is 0 Å². The monoisotopic (exact) mass is 334 g/mol. The lowest BCUT2D eigenvalue weighted by Crippen LogP contribution is -2.46. The van der Waals surface area contributed by atoms with Crippen molar-refractivity contribution in [2.24, 2.45) is 5.92 Å². The second kappa shape index (κ2) is 8.57. The summed E-state index contributed by atoms with van der Waals surface area (Å²) in [5.74, 6) is -0.328. The second-order valence-corrected chi connectivity index (χ2v) is 12.1. The Bertz CT molecular complexity index is 491. The smallest absolute Gasteiger partial charge is 0.192 e. The first kappa shape index (κ1) is 19.8. The van der Waals surface area contributed by atoms with Gasteiger partial charge in [0, 0.05) is 0 Å². The molecule has 0 radical (unpaired) electrons. The summed E-state index contributed by atoms with van der Waals surface area (Å²) in [6, 6.07) is 9.94. The fraction of sp³-hybridized carbons (Fsp3) is 0.526. The number of benzene rings is 1. The molecule has 2 atom stereocenters. The normalized spacial score (nSPS) is 15.0. The minimum absolute atomic E-state index is 0.0899. The maximum absolute atomic E-state index is 11.5. The summed E-state index contributed by atoms with van der Waals surface area (Å²) in [6.45, 7) is 15.6. The minimum Gasteiger partial charge on any atom is -0.410 e. The second-order valence-electron chi connectivity index (χ2n) is 7.38. The van der Waals surface area contributed by atoms with Crippen LogP contribution in [0.4, 0.5) is 0 Å². The molecule has 4 heteroatoms. The average molecular weight is 335 g/mol. The molecule has 0 amide bonds. The Hall–Kier alpha value is -1.23. The SMILES string of the molecule is C=C[C@H](O[Si](C)(C)C(C)(C)C)[C@H](C=O)COCc1ccccc1. The molecule has 1 aromatic carbocycles. The molecular formula is C19H30O3Si. The van der Waals surface area contributed by atoms with E-state index in [1.54, 1.807) is 6.08 Å². The van der Waals surface area contributed by atoms with E-state index in [9.17, 15) is 4.79 Å². The van der Waals surface area contributed by atoms with Crippen molar-refractivity contribution < 1.29 is 14.0 Å². The maximum atomic E-state index is 11.5. The topological polar surface area (TPSA) is 35.5 Å². The molecule has 1 rings (SSSR count). The summed E-state index contributed by atoms with van der Waals surface area (Å²) in [4.78, 5) is 11.5. The quantitative estimate of drug-likeness (QED) is 0.376. The summed E-state index contributed by atoms with van der Waals surface area (Å²) >= 11 is 0. The van der Waals surface area contributed by atoms with Crippen molar-refractivity contribution in [1.82, 2.24) is 0 Å². The van der Waals surface area contributed by atoms with E-state index in [2.05, 4.69) is 40.4 Å². The highest BCUT2D eigenvalue weighted by molar-refractivity contribution is 6.74. The van der Waals surface area contributed by atoms with E-state index in [4.69, 9.17) is 9.16 Å². The highest BCUT2D eigenvalue weighted by Crippen LogP contribution is 2.38. The van der Waals surface area contributed by atoms with Gasteiger partial charge in [-0.3, -0.25) is 0 Å². The van der Waals surface area contributed by atoms with Crippen molar-refractivity contribution in [3.63, 3.8) is 0 Å². The Morgan fingerprint density at radius 2 is 1.83 bits per heavy atom. The number of hydrogen-bond donors (Lipinski definition) is 0. The van der Waals surface area contributed by atoms with Gasteiger partial charge in [-0.15, -0.1) is 6.58 Å². The highest BCUT2D eigenvalue weighted by Gasteiger charge is 2.40. The Balaban J connectivity index is 2.63. The van der Waals surface area contributed by atoms with Gasteiger partial charge in [-0.1, -0.05) is 57.2 Å². The zero-order valence-electron chi connectivity index (χ0n) is 15.0. The fourth-order valence-corrected chi connectivity index (χ4v) is 3.23. The van der Waals surface area contributed by atoms with Crippen LogP contribution in [-0.4, -0.2) is 27.3 Å². The molecule has 0 aliphatic rings. The van der Waals surface area contributed by atoms with Gasteiger partial charge in [0.1, 0.15) is 6.29 Å². The molecule has 23 heavy (non-hydrogen) atoms. The molecule has 0 fully saturated rings. The van der Waals surface area contributed by atoms with E-state index >= 15 is 0 Å². The van der Waals surface area contributed by atoms with Gasteiger partial charge >= 0.3 is 0 Å². The molecule has 0 unspecified atom stereocenters. The van der Waals surface area contributed by atoms with Crippen LogP contribution >= 0.6 is 0 Å². The van der Waals surface area contributed by atoms with Gasteiger partial charge in [-0.05, 0) is 23.7 Å². The van der Waals surface area contributed by atoms with Crippen LogP contribution in [0.25, 0.3) is 0 Å². The molecule has 0 bridgehead atoms. The number of ether oxygens (including phenoxy) is 1. The molecule has 0 aliphatic carbocycles. The summed E-state index contributed by atoms with van der Waals surface area (Å²) in [5, 5.41) is 0.0899. The molecular weight excluding hydrogens is 304 g/mol. The van der Waals surface area contributed by atoms with E-state index in [1.807, 2.05) is 30.3 Å². The molecule has 0 heterocycles. The van der Waals surface area contributed by atoms with E-state index in [0.29, 0.717) is 13.2 Å². The highest BCUT2D eigenvalue weighted by atomic mass is 28.4. The molecule has 128 valence electrons. The van der Waals surface area contributed by atoms with Gasteiger partial charge in [0.05, 0.1) is 25.2 Å². The summed E-state index contributed by atoms with van der Waals surface area (Å²) < 4.78 is 12.0. The number of carbonyl (C=O) groups is 1. The van der Waals surface area contributed by atoms with Crippen molar-refractivity contribution in [1.29, 1.82) is 0 Å². The molecule has 0 aliphatic heterocycles. The predicted molar refractivity (Wildman–Crippen MR) is 97.9 cm³/mol. The van der Waals surface area contributed by atoms with Crippen molar-refractivity contribution in [3.8, 4) is 0 Å². The van der Waals surface area contributed by atoms with Crippen LogP contribution in [0.1, 0.15) is 26.3 Å². The van der Waals surface area contributed by atoms with Crippen molar-refractivity contribution in [3.05, 3.63) is 48.6 Å². The number of hydrogen-bond acceptors (Lipinski definition) is 3. The molecule has 0 saturated heterocycles. The number of aldehydes is 1. The van der Waals surface area contributed by atoms with Gasteiger partial charge in [-0.2, -0.15) is 0 Å². The Morgan fingerprint density at radius 1 is 1.22 bits per heavy atom. The predicted octanol–water partition coefficient (Wildman–Crippen LogP) is 4.59. The first-order chi connectivity index (χ1) is 10.7. The largest absolute Gasteiger partial charge is 0.410 e. The van der Waals surface area contributed by atoms with Crippen LogP contribution in [0.15, 0.2) is 43.0 Å². The first-order valence-corrected chi connectivity index (χ1v) is 11.0. The van der Waals surface area contributed by atoms with Gasteiger partial charge in [0.15, 0.2) is 8.32 Å². The third-order valence-electron chi connectivity index (χ3n) is 4.49. The van der Waals surface area contributed by atoms with E-state index in [-0.39, 0.29) is 17.1 Å². The van der Waals surface area contributed by atoms with E-state index in [1.165, 1.54) is 0 Å². The van der Waals surface area contributed by atoms with Crippen LogP contribution in [0.5, 0.6) is 0 Å².